The van der Waals surface area contributed by atoms with Crippen LogP contribution < -0.4 is 15.6 Å². The summed E-state index contributed by atoms with van der Waals surface area (Å²) in [5, 5.41) is 12.7. The molecule has 1 atom stereocenters. The van der Waals surface area contributed by atoms with E-state index in [-0.39, 0.29) is 22.9 Å². The lowest BCUT2D eigenvalue weighted by atomic mass is 10.3. The molecule has 38 heavy (non-hydrogen) atoms. The summed E-state index contributed by atoms with van der Waals surface area (Å²) in [5.41, 5.74) is 1.27. The molecule has 0 radical (unpaired) electrons. The number of ether oxygens (including phenoxy) is 1. The monoisotopic (exact) mass is 572 g/mol. The predicted molar refractivity (Wildman–Crippen MR) is 151 cm³/mol. The predicted octanol–water partition coefficient (Wildman–Crippen LogP) is 5.44. The third-order valence-electron chi connectivity index (χ3n) is 5.77. The van der Waals surface area contributed by atoms with E-state index in [1.165, 1.54) is 16.4 Å². The van der Waals surface area contributed by atoms with Gasteiger partial charge < -0.3 is 10.1 Å². The standard InChI is InChI=1S/C26H26Cl2N6O3S/c1-5-13-33-24(17(3)37-21-14-18(27)11-12-20(21)28)30-31-26(33)38-15-22(35)29-23-16(2)32(4)34(25(23)36)19-9-7-6-8-10-19/h5-12,14,17H,1,13,15H2,2-4H3,(H,29,35). The number of thioether (sulfide) groups is 1. The number of rotatable bonds is 10. The maximum atomic E-state index is 13.1. The minimum atomic E-state index is -0.509. The smallest absolute Gasteiger partial charge is 0.295 e. The number of allylic oxidation sites excluding steroid dienone is 1. The number of aromatic nitrogens is 5. The van der Waals surface area contributed by atoms with Crippen molar-refractivity contribution in [1.29, 1.82) is 0 Å². The van der Waals surface area contributed by atoms with E-state index in [4.69, 9.17) is 27.9 Å². The number of carbonyl (C=O) groups is 1. The number of benzene rings is 2. The lowest BCUT2D eigenvalue weighted by Gasteiger charge is -2.16. The Bertz CT molecular complexity index is 1530. The highest BCUT2D eigenvalue weighted by Gasteiger charge is 2.22. The van der Waals surface area contributed by atoms with Gasteiger partial charge in [-0.2, -0.15) is 0 Å². The van der Waals surface area contributed by atoms with Crippen LogP contribution in [0.4, 0.5) is 5.69 Å². The van der Waals surface area contributed by atoms with Crippen LogP contribution in [-0.2, 0) is 18.4 Å². The summed E-state index contributed by atoms with van der Waals surface area (Å²) in [6, 6.07) is 14.2. The van der Waals surface area contributed by atoms with Crippen LogP contribution in [-0.4, -0.2) is 35.8 Å². The van der Waals surface area contributed by atoms with E-state index in [0.717, 1.165) is 0 Å². The number of hydrogen-bond acceptors (Lipinski definition) is 6. The summed E-state index contributed by atoms with van der Waals surface area (Å²) in [6.45, 7) is 7.81. The first kappa shape index (κ1) is 27.6. The van der Waals surface area contributed by atoms with Gasteiger partial charge in [-0.15, -0.1) is 16.8 Å². The number of para-hydroxylation sites is 1. The third kappa shape index (κ3) is 5.82. The van der Waals surface area contributed by atoms with Gasteiger partial charge in [0.05, 0.1) is 22.2 Å². The quantitative estimate of drug-likeness (QED) is 0.201. The molecule has 12 heteroatoms. The van der Waals surface area contributed by atoms with E-state index in [1.807, 2.05) is 41.8 Å². The Kier molecular flexibility index (Phi) is 8.65. The number of amides is 1. The summed E-state index contributed by atoms with van der Waals surface area (Å²) in [7, 11) is 1.77. The van der Waals surface area contributed by atoms with Crippen molar-refractivity contribution >= 4 is 46.6 Å². The molecule has 0 saturated heterocycles. The molecule has 1 unspecified atom stereocenters. The number of hydrogen-bond donors (Lipinski definition) is 1. The Morgan fingerprint density at radius 2 is 1.95 bits per heavy atom. The molecule has 0 aliphatic rings. The van der Waals surface area contributed by atoms with Crippen molar-refractivity contribution in [3.63, 3.8) is 0 Å². The molecule has 4 aromatic rings. The molecule has 0 saturated carbocycles. The summed E-state index contributed by atoms with van der Waals surface area (Å²) in [4.78, 5) is 25.9. The maximum Gasteiger partial charge on any atom is 0.295 e. The maximum absolute atomic E-state index is 13.1. The molecule has 198 valence electrons. The zero-order valence-corrected chi connectivity index (χ0v) is 23.3. The molecule has 0 spiro atoms. The molecular formula is C26H26Cl2N6O3S. The molecule has 2 heterocycles. The van der Waals surface area contributed by atoms with Crippen LogP contribution in [0, 0.1) is 6.92 Å². The Labute approximate surface area is 234 Å². The minimum Gasteiger partial charge on any atom is -0.481 e. The highest BCUT2D eigenvalue weighted by molar-refractivity contribution is 7.99. The number of halogens is 2. The summed E-state index contributed by atoms with van der Waals surface area (Å²) < 4.78 is 11.0. The number of anilines is 1. The minimum absolute atomic E-state index is 0.0176. The van der Waals surface area contributed by atoms with Gasteiger partial charge in [0.1, 0.15) is 11.4 Å². The van der Waals surface area contributed by atoms with Crippen LogP contribution in [0.5, 0.6) is 5.75 Å². The zero-order chi connectivity index (χ0) is 27.4. The zero-order valence-electron chi connectivity index (χ0n) is 21.0. The molecule has 2 aromatic carbocycles. The number of nitrogens with one attached hydrogen (secondary N) is 1. The van der Waals surface area contributed by atoms with Crippen molar-refractivity contribution in [2.75, 3.05) is 11.1 Å². The average molecular weight is 574 g/mol. The molecule has 0 bridgehead atoms. The van der Waals surface area contributed by atoms with Crippen LogP contribution in [0.3, 0.4) is 0 Å². The summed E-state index contributed by atoms with van der Waals surface area (Å²) in [6.07, 6.45) is 1.19. The van der Waals surface area contributed by atoms with Gasteiger partial charge >= 0.3 is 0 Å². The summed E-state index contributed by atoms with van der Waals surface area (Å²) in [5.74, 6) is 0.635. The van der Waals surface area contributed by atoms with Gasteiger partial charge in [0.2, 0.25) is 5.91 Å². The van der Waals surface area contributed by atoms with Gasteiger partial charge in [-0.3, -0.25) is 18.8 Å². The normalized spacial score (nSPS) is 11.8. The van der Waals surface area contributed by atoms with Crippen molar-refractivity contribution in [2.45, 2.75) is 31.7 Å². The molecule has 9 nitrogen and oxygen atoms in total. The van der Waals surface area contributed by atoms with E-state index in [9.17, 15) is 9.59 Å². The first-order valence-corrected chi connectivity index (χ1v) is 13.4. The third-order valence-corrected chi connectivity index (χ3v) is 7.28. The topological polar surface area (TPSA) is 96.0 Å². The van der Waals surface area contributed by atoms with Gasteiger partial charge in [-0.1, -0.05) is 59.2 Å². The fourth-order valence-corrected chi connectivity index (χ4v) is 4.92. The second-order valence-corrected chi connectivity index (χ2v) is 10.1. The molecule has 0 aliphatic heterocycles. The second kappa shape index (κ2) is 11.9. The van der Waals surface area contributed by atoms with Crippen LogP contribution in [0.25, 0.3) is 5.69 Å². The highest BCUT2D eigenvalue weighted by Crippen LogP contribution is 2.32. The fourth-order valence-electron chi connectivity index (χ4n) is 3.84. The lowest BCUT2D eigenvalue weighted by Crippen LogP contribution is -2.23. The SMILES string of the molecule is C=CCn1c(SCC(=O)Nc2c(C)n(C)n(-c3ccccc3)c2=O)nnc1C(C)Oc1cc(Cl)ccc1Cl. The van der Waals surface area contributed by atoms with Crippen molar-refractivity contribution < 1.29 is 9.53 Å². The van der Waals surface area contributed by atoms with Gasteiger partial charge in [0.25, 0.3) is 5.56 Å². The Morgan fingerprint density at radius 1 is 1.21 bits per heavy atom. The molecule has 4 rings (SSSR count). The van der Waals surface area contributed by atoms with E-state index in [0.29, 0.717) is 44.7 Å². The number of nitrogens with zero attached hydrogens (tertiary/aromatic N) is 5. The summed E-state index contributed by atoms with van der Waals surface area (Å²) >= 11 is 13.5. The highest BCUT2D eigenvalue weighted by atomic mass is 35.5. The molecule has 0 fully saturated rings. The first-order valence-electron chi connectivity index (χ1n) is 11.6. The molecule has 2 aromatic heterocycles. The Balaban J connectivity index is 1.48. The van der Waals surface area contributed by atoms with Crippen molar-refractivity contribution in [3.05, 3.63) is 93.1 Å². The van der Waals surface area contributed by atoms with Crippen molar-refractivity contribution in [1.82, 2.24) is 24.1 Å². The van der Waals surface area contributed by atoms with Crippen LogP contribution in [0.1, 0.15) is 24.5 Å². The average Bonchev–Trinajstić information content (AvgIpc) is 3.39. The van der Waals surface area contributed by atoms with Gasteiger partial charge in [0, 0.05) is 24.7 Å². The molecule has 1 amide bonds. The fraction of sp³-hybridized carbons (Fsp3) is 0.231. The van der Waals surface area contributed by atoms with E-state index in [2.05, 4.69) is 22.1 Å². The van der Waals surface area contributed by atoms with Crippen LogP contribution in [0.15, 0.2) is 71.1 Å². The van der Waals surface area contributed by atoms with Crippen molar-refractivity contribution in [3.8, 4) is 11.4 Å². The largest absolute Gasteiger partial charge is 0.481 e. The van der Waals surface area contributed by atoms with Gasteiger partial charge in [-0.05, 0) is 38.1 Å². The van der Waals surface area contributed by atoms with Gasteiger partial charge in [-0.25, -0.2) is 4.68 Å². The first-order chi connectivity index (χ1) is 18.2. The van der Waals surface area contributed by atoms with Crippen molar-refractivity contribution in [2.24, 2.45) is 7.05 Å². The number of carbonyl (C=O) groups excluding carboxylic acids is 1. The molecule has 0 aliphatic carbocycles. The second-order valence-electron chi connectivity index (χ2n) is 8.35. The Hall–Kier alpha value is -3.47. The molecule has 1 N–H and O–H groups in total. The van der Waals surface area contributed by atoms with E-state index in [1.54, 1.807) is 42.9 Å². The lowest BCUT2D eigenvalue weighted by molar-refractivity contribution is -0.113. The van der Waals surface area contributed by atoms with E-state index >= 15 is 0 Å². The van der Waals surface area contributed by atoms with Crippen LogP contribution in [0.2, 0.25) is 10.0 Å². The van der Waals surface area contributed by atoms with E-state index < -0.39 is 6.10 Å². The molecular weight excluding hydrogens is 547 g/mol. The Morgan fingerprint density at radius 3 is 2.66 bits per heavy atom. The van der Waals surface area contributed by atoms with Gasteiger partial charge in [0.15, 0.2) is 17.1 Å². The van der Waals surface area contributed by atoms with Crippen LogP contribution >= 0.6 is 35.0 Å².